The van der Waals surface area contributed by atoms with Crippen molar-refractivity contribution < 1.29 is 0 Å². The van der Waals surface area contributed by atoms with Crippen molar-refractivity contribution >= 4 is 5.69 Å². The van der Waals surface area contributed by atoms with Crippen molar-refractivity contribution in [2.45, 2.75) is 19.4 Å². The summed E-state index contributed by atoms with van der Waals surface area (Å²) in [6.07, 6.45) is 6.25. The zero-order chi connectivity index (χ0) is 13.0. The molecule has 1 atom stereocenters. The van der Waals surface area contributed by atoms with E-state index in [1.807, 2.05) is 25.4 Å². The summed E-state index contributed by atoms with van der Waals surface area (Å²) in [4.78, 5) is 8.64. The first-order chi connectivity index (χ1) is 8.77. The van der Waals surface area contributed by atoms with Gasteiger partial charge in [-0.1, -0.05) is 13.0 Å². The average Bonchev–Trinajstić information content (AvgIpc) is 2.42. The molecule has 2 heterocycles. The number of hydrogen-bond donors (Lipinski definition) is 2. The summed E-state index contributed by atoms with van der Waals surface area (Å²) in [7, 11) is 1.91. The van der Waals surface area contributed by atoms with Crippen molar-refractivity contribution in [2.24, 2.45) is 0 Å². The van der Waals surface area contributed by atoms with Crippen LogP contribution in [0.2, 0.25) is 0 Å². The number of pyridine rings is 2. The molecular weight excluding hydrogens is 224 g/mol. The van der Waals surface area contributed by atoms with Crippen LogP contribution in [0.1, 0.15) is 29.8 Å². The maximum atomic E-state index is 6.02. The molecule has 1 unspecified atom stereocenters. The first kappa shape index (κ1) is 12.5. The van der Waals surface area contributed by atoms with E-state index in [-0.39, 0.29) is 6.04 Å². The fourth-order valence-electron chi connectivity index (χ4n) is 2.11. The quantitative estimate of drug-likeness (QED) is 0.860. The van der Waals surface area contributed by atoms with Crippen LogP contribution in [0, 0.1) is 0 Å². The SMILES string of the molecule is CCc1cccnc1C(NC)c1cnccc1N. The Balaban J connectivity index is 2.49. The molecule has 0 saturated heterocycles. The van der Waals surface area contributed by atoms with Gasteiger partial charge < -0.3 is 11.1 Å². The van der Waals surface area contributed by atoms with E-state index < -0.39 is 0 Å². The number of aromatic nitrogens is 2. The molecule has 4 heteroatoms. The van der Waals surface area contributed by atoms with Gasteiger partial charge in [0.05, 0.1) is 11.7 Å². The summed E-state index contributed by atoms with van der Waals surface area (Å²) in [5.41, 5.74) is 9.96. The van der Waals surface area contributed by atoms with Gasteiger partial charge in [-0.3, -0.25) is 9.97 Å². The number of rotatable bonds is 4. The molecule has 0 spiro atoms. The number of nitrogen functional groups attached to an aromatic ring is 1. The highest BCUT2D eigenvalue weighted by Gasteiger charge is 2.18. The van der Waals surface area contributed by atoms with E-state index in [0.717, 1.165) is 23.4 Å². The van der Waals surface area contributed by atoms with E-state index >= 15 is 0 Å². The van der Waals surface area contributed by atoms with Crippen LogP contribution in [0.15, 0.2) is 36.8 Å². The summed E-state index contributed by atoms with van der Waals surface area (Å²) in [5.74, 6) is 0. The Morgan fingerprint density at radius 3 is 2.83 bits per heavy atom. The third-order valence-electron chi connectivity index (χ3n) is 3.07. The lowest BCUT2D eigenvalue weighted by Crippen LogP contribution is -2.21. The van der Waals surface area contributed by atoms with Crippen molar-refractivity contribution in [3.05, 3.63) is 53.6 Å². The van der Waals surface area contributed by atoms with Gasteiger partial charge >= 0.3 is 0 Å². The lowest BCUT2D eigenvalue weighted by atomic mass is 9.98. The third-order valence-corrected chi connectivity index (χ3v) is 3.07. The number of nitrogens with one attached hydrogen (secondary N) is 1. The summed E-state index contributed by atoms with van der Waals surface area (Å²) in [6.45, 7) is 2.12. The van der Waals surface area contributed by atoms with Crippen LogP contribution in [0.5, 0.6) is 0 Å². The molecule has 0 amide bonds. The Hall–Kier alpha value is -1.94. The highest BCUT2D eigenvalue weighted by atomic mass is 14.9. The molecule has 0 aromatic carbocycles. The van der Waals surface area contributed by atoms with Gasteiger partial charge in [0.25, 0.3) is 0 Å². The largest absolute Gasteiger partial charge is 0.398 e. The van der Waals surface area contributed by atoms with E-state index in [9.17, 15) is 0 Å². The van der Waals surface area contributed by atoms with Gasteiger partial charge in [0.15, 0.2) is 0 Å². The molecule has 0 aliphatic rings. The van der Waals surface area contributed by atoms with Gasteiger partial charge in [0, 0.05) is 29.8 Å². The highest BCUT2D eigenvalue weighted by Crippen LogP contribution is 2.26. The second-order valence-corrected chi connectivity index (χ2v) is 4.13. The highest BCUT2D eigenvalue weighted by molar-refractivity contribution is 5.49. The predicted molar refractivity (Wildman–Crippen MR) is 73.2 cm³/mol. The molecule has 0 aliphatic carbocycles. The van der Waals surface area contributed by atoms with Crippen LogP contribution in [0.4, 0.5) is 5.69 Å². The first-order valence-electron chi connectivity index (χ1n) is 6.08. The van der Waals surface area contributed by atoms with Crippen molar-refractivity contribution in [1.29, 1.82) is 0 Å². The van der Waals surface area contributed by atoms with E-state index in [4.69, 9.17) is 5.73 Å². The minimum atomic E-state index is -0.0187. The fourth-order valence-corrected chi connectivity index (χ4v) is 2.11. The van der Waals surface area contributed by atoms with E-state index in [1.165, 1.54) is 5.56 Å². The van der Waals surface area contributed by atoms with Crippen molar-refractivity contribution in [3.63, 3.8) is 0 Å². The van der Waals surface area contributed by atoms with Crippen LogP contribution in [-0.2, 0) is 6.42 Å². The third kappa shape index (κ3) is 2.33. The molecule has 18 heavy (non-hydrogen) atoms. The van der Waals surface area contributed by atoms with Crippen LogP contribution in [0.25, 0.3) is 0 Å². The van der Waals surface area contributed by atoms with Crippen LogP contribution in [0.3, 0.4) is 0 Å². The molecule has 2 rings (SSSR count). The number of hydrogen-bond acceptors (Lipinski definition) is 4. The molecule has 0 radical (unpaired) electrons. The first-order valence-corrected chi connectivity index (χ1v) is 6.08. The zero-order valence-electron chi connectivity index (χ0n) is 10.7. The van der Waals surface area contributed by atoms with Gasteiger partial charge in [-0.25, -0.2) is 0 Å². The molecular formula is C14H18N4. The van der Waals surface area contributed by atoms with E-state index in [0.29, 0.717) is 0 Å². The van der Waals surface area contributed by atoms with Gasteiger partial charge in [-0.2, -0.15) is 0 Å². The molecule has 94 valence electrons. The van der Waals surface area contributed by atoms with Crippen LogP contribution in [-0.4, -0.2) is 17.0 Å². The van der Waals surface area contributed by atoms with E-state index in [2.05, 4.69) is 28.3 Å². The Labute approximate surface area is 107 Å². The van der Waals surface area contributed by atoms with Gasteiger partial charge in [-0.15, -0.1) is 0 Å². The molecule has 2 aromatic heterocycles. The molecule has 3 N–H and O–H groups in total. The lowest BCUT2D eigenvalue weighted by Gasteiger charge is -2.19. The zero-order valence-corrected chi connectivity index (χ0v) is 10.7. The van der Waals surface area contributed by atoms with Gasteiger partial charge in [0.1, 0.15) is 0 Å². The van der Waals surface area contributed by atoms with Gasteiger partial charge in [-0.05, 0) is 31.2 Å². The Morgan fingerprint density at radius 1 is 1.33 bits per heavy atom. The minimum Gasteiger partial charge on any atom is -0.398 e. The predicted octanol–water partition coefficient (Wildman–Crippen LogP) is 1.93. The second kappa shape index (κ2) is 5.60. The summed E-state index contributed by atoms with van der Waals surface area (Å²) >= 11 is 0. The van der Waals surface area contributed by atoms with Crippen molar-refractivity contribution in [1.82, 2.24) is 15.3 Å². The number of nitrogens with two attached hydrogens (primary N) is 1. The molecule has 0 aliphatic heterocycles. The van der Waals surface area contributed by atoms with Crippen LogP contribution < -0.4 is 11.1 Å². The maximum absolute atomic E-state index is 6.02. The summed E-state index contributed by atoms with van der Waals surface area (Å²) in [5, 5.41) is 3.27. The topological polar surface area (TPSA) is 63.8 Å². The Bertz CT molecular complexity index is 525. The molecule has 2 aromatic rings. The molecule has 4 nitrogen and oxygen atoms in total. The lowest BCUT2D eigenvalue weighted by molar-refractivity contribution is 0.661. The number of nitrogens with zero attached hydrogens (tertiary/aromatic N) is 2. The standard InChI is InChI=1S/C14H18N4/c1-3-10-5-4-7-18-13(10)14(16-2)11-9-17-8-6-12(11)15/h4-9,14,16H,3H2,1-2H3,(H2,15,17). The molecule has 0 bridgehead atoms. The number of aryl methyl sites for hydroxylation is 1. The Kier molecular flexibility index (Phi) is 3.89. The summed E-state index contributed by atoms with van der Waals surface area (Å²) in [6, 6.07) is 5.85. The fraction of sp³-hybridized carbons (Fsp3) is 0.286. The monoisotopic (exact) mass is 242 g/mol. The molecule has 0 saturated carbocycles. The molecule has 0 fully saturated rings. The number of anilines is 1. The average molecular weight is 242 g/mol. The minimum absolute atomic E-state index is 0.0187. The normalized spacial score (nSPS) is 12.3. The Morgan fingerprint density at radius 2 is 2.17 bits per heavy atom. The van der Waals surface area contributed by atoms with Crippen molar-refractivity contribution in [2.75, 3.05) is 12.8 Å². The summed E-state index contributed by atoms with van der Waals surface area (Å²) < 4.78 is 0. The van der Waals surface area contributed by atoms with Gasteiger partial charge in [0.2, 0.25) is 0 Å². The second-order valence-electron chi connectivity index (χ2n) is 4.13. The maximum Gasteiger partial charge on any atom is 0.0787 e. The van der Waals surface area contributed by atoms with Crippen molar-refractivity contribution in [3.8, 4) is 0 Å². The van der Waals surface area contributed by atoms with Crippen LogP contribution >= 0.6 is 0 Å². The smallest absolute Gasteiger partial charge is 0.0787 e. The van der Waals surface area contributed by atoms with E-state index in [1.54, 1.807) is 12.4 Å².